The molecule has 2 aromatic rings. The molecule has 0 radical (unpaired) electrons. The number of para-hydroxylation sites is 1. The van der Waals surface area contributed by atoms with Crippen molar-refractivity contribution in [1.29, 1.82) is 5.26 Å². The van der Waals surface area contributed by atoms with Gasteiger partial charge in [-0.25, -0.2) is 0 Å². The fraction of sp³-hybridized carbons (Fsp3) is 0.222. The van der Waals surface area contributed by atoms with E-state index in [-0.39, 0.29) is 11.9 Å². The maximum atomic E-state index is 12.3. The summed E-state index contributed by atoms with van der Waals surface area (Å²) in [5.74, 6) is 0.137. The number of halogens is 1. The van der Waals surface area contributed by atoms with Gasteiger partial charge >= 0.3 is 0 Å². The summed E-state index contributed by atoms with van der Waals surface area (Å²) < 4.78 is 5.60. The van der Waals surface area contributed by atoms with Gasteiger partial charge in [-0.1, -0.05) is 35.9 Å². The maximum Gasteiger partial charge on any atom is 0.261 e. The second-order valence-electron chi connectivity index (χ2n) is 5.15. The fourth-order valence-electron chi connectivity index (χ4n) is 2.10. The van der Waals surface area contributed by atoms with Gasteiger partial charge in [0.25, 0.3) is 5.91 Å². The zero-order chi connectivity index (χ0) is 16.8. The molecular weight excluding hydrogens is 312 g/mol. The number of amides is 1. The van der Waals surface area contributed by atoms with Crippen molar-refractivity contribution >= 4 is 17.5 Å². The van der Waals surface area contributed by atoms with E-state index >= 15 is 0 Å². The standard InChI is InChI=1S/C18H17ClN2O2/c1-12(14-7-5-8-16(19)10-14)21-18(22)13(2)23-17-9-4-3-6-15(17)11-20/h3-10,12-13H,1-2H3,(H,21,22). The van der Waals surface area contributed by atoms with Crippen LogP contribution in [-0.4, -0.2) is 12.0 Å². The first-order valence-electron chi connectivity index (χ1n) is 7.23. The number of hydrogen-bond acceptors (Lipinski definition) is 3. The van der Waals surface area contributed by atoms with Crippen LogP contribution in [0.3, 0.4) is 0 Å². The van der Waals surface area contributed by atoms with Crippen molar-refractivity contribution in [2.75, 3.05) is 0 Å². The molecule has 1 N–H and O–H groups in total. The predicted molar refractivity (Wildman–Crippen MR) is 89.3 cm³/mol. The molecule has 2 aromatic carbocycles. The van der Waals surface area contributed by atoms with Crippen LogP contribution >= 0.6 is 11.6 Å². The first-order chi connectivity index (χ1) is 11.0. The maximum absolute atomic E-state index is 12.3. The normalized spacial score (nSPS) is 12.8. The van der Waals surface area contributed by atoms with Gasteiger partial charge in [-0.05, 0) is 43.7 Å². The molecule has 0 spiro atoms. The minimum atomic E-state index is -0.717. The molecule has 0 aliphatic carbocycles. The second kappa shape index (κ2) is 7.66. The number of nitriles is 1. The Balaban J connectivity index is 2.01. The smallest absolute Gasteiger partial charge is 0.261 e. The molecule has 0 saturated heterocycles. The molecule has 23 heavy (non-hydrogen) atoms. The lowest BCUT2D eigenvalue weighted by atomic mass is 10.1. The molecule has 0 aliphatic heterocycles. The van der Waals surface area contributed by atoms with Gasteiger partial charge in [-0.3, -0.25) is 4.79 Å². The lowest BCUT2D eigenvalue weighted by Crippen LogP contribution is -2.37. The number of ether oxygens (including phenoxy) is 1. The molecule has 2 unspecified atom stereocenters. The third-order valence-electron chi connectivity index (χ3n) is 3.39. The summed E-state index contributed by atoms with van der Waals surface area (Å²) in [6, 6.07) is 16.0. The quantitative estimate of drug-likeness (QED) is 0.906. The minimum absolute atomic E-state index is 0.196. The number of nitrogens with one attached hydrogen (secondary N) is 1. The van der Waals surface area contributed by atoms with Gasteiger partial charge in [-0.15, -0.1) is 0 Å². The number of nitrogens with zero attached hydrogens (tertiary/aromatic N) is 1. The second-order valence-corrected chi connectivity index (χ2v) is 5.59. The first-order valence-corrected chi connectivity index (χ1v) is 7.60. The molecule has 0 aliphatic rings. The van der Waals surface area contributed by atoms with E-state index in [0.29, 0.717) is 16.3 Å². The predicted octanol–water partition coefficient (Wildman–Crippen LogP) is 3.86. The summed E-state index contributed by atoms with van der Waals surface area (Å²) in [4.78, 5) is 12.3. The highest BCUT2D eigenvalue weighted by molar-refractivity contribution is 6.30. The van der Waals surface area contributed by atoms with Gasteiger partial charge in [0.1, 0.15) is 11.8 Å². The molecule has 118 valence electrons. The van der Waals surface area contributed by atoms with Crippen LogP contribution < -0.4 is 10.1 Å². The highest BCUT2D eigenvalue weighted by atomic mass is 35.5. The number of benzene rings is 2. The number of rotatable bonds is 5. The molecule has 2 atom stereocenters. The van der Waals surface area contributed by atoms with Crippen LogP contribution in [0, 0.1) is 11.3 Å². The van der Waals surface area contributed by atoms with Gasteiger partial charge in [0.15, 0.2) is 6.10 Å². The summed E-state index contributed by atoms with van der Waals surface area (Å²) in [6.07, 6.45) is -0.717. The van der Waals surface area contributed by atoms with Crippen molar-refractivity contribution in [2.24, 2.45) is 0 Å². The third-order valence-corrected chi connectivity index (χ3v) is 3.62. The molecular formula is C18H17ClN2O2. The van der Waals surface area contributed by atoms with Gasteiger partial charge in [0.2, 0.25) is 0 Å². The summed E-state index contributed by atoms with van der Waals surface area (Å²) in [5, 5.41) is 12.5. The zero-order valence-electron chi connectivity index (χ0n) is 12.9. The average Bonchev–Trinajstić information content (AvgIpc) is 2.55. The highest BCUT2D eigenvalue weighted by Gasteiger charge is 2.19. The van der Waals surface area contributed by atoms with Crippen molar-refractivity contribution in [1.82, 2.24) is 5.32 Å². The minimum Gasteiger partial charge on any atom is -0.480 e. The Bertz CT molecular complexity index is 740. The van der Waals surface area contributed by atoms with E-state index in [1.807, 2.05) is 31.2 Å². The van der Waals surface area contributed by atoms with Crippen LogP contribution in [0.1, 0.15) is 31.0 Å². The van der Waals surface area contributed by atoms with Crippen LogP contribution in [0.5, 0.6) is 5.75 Å². The SMILES string of the molecule is CC(Oc1ccccc1C#N)C(=O)NC(C)c1cccc(Cl)c1. The lowest BCUT2D eigenvalue weighted by molar-refractivity contribution is -0.127. The van der Waals surface area contributed by atoms with Gasteiger partial charge in [0.05, 0.1) is 11.6 Å². The van der Waals surface area contributed by atoms with Crippen LogP contribution in [-0.2, 0) is 4.79 Å². The van der Waals surface area contributed by atoms with E-state index in [1.165, 1.54) is 0 Å². The molecule has 0 heterocycles. The van der Waals surface area contributed by atoms with E-state index in [9.17, 15) is 4.79 Å². The van der Waals surface area contributed by atoms with E-state index in [4.69, 9.17) is 21.6 Å². The van der Waals surface area contributed by atoms with Crippen molar-refractivity contribution in [3.05, 3.63) is 64.7 Å². The highest BCUT2D eigenvalue weighted by Crippen LogP contribution is 2.20. The molecule has 0 bridgehead atoms. The van der Waals surface area contributed by atoms with Crippen molar-refractivity contribution in [2.45, 2.75) is 26.0 Å². The summed E-state index contributed by atoms with van der Waals surface area (Å²) in [6.45, 7) is 3.52. The first kappa shape index (κ1) is 16.9. The number of carbonyl (C=O) groups excluding carboxylic acids is 1. The van der Waals surface area contributed by atoms with Gasteiger partial charge in [-0.2, -0.15) is 5.26 Å². The molecule has 0 saturated carbocycles. The van der Waals surface area contributed by atoms with Crippen LogP contribution in [0.15, 0.2) is 48.5 Å². The van der Waals surface area contributed by atoms with Crippen molar-refractivity contribution in [3.63, 3.8) is 0 Å². The summed E-state index contributed by atoms with van der Waals surface area (Å²) in [7, 11) is 0. The number of hydrogen-bond donors (Lipinski definition) is 1. The van der Waals surface area contributed by atoms with E-state index in [0.717, 1.165) is 5.56 Å². The Morgan fingerprint density at radius 1 is 1.22 bits per heavy atom. The number of carbonyl (C=O) groups is 1. The van der Waals surface area contributed by atoms with E-state index < -0.39 is 6.10 Å². The topological polar surface area (TPSA) is 62.1 Å². The van der Waals surface area contributed by atoms with Crippen LogP contribution in [0.2, 0.25) is 5.02 Å². The van der Waals surface area contributed by atoms with E-state index in [2.05, 4.69) is 5.32 Å². The van der Waals surface area contributed by atoms with E-state index in [1.54, 1.807) is 37.3 Å². The zero-order valence-corrected chi connectivity index (χ0v) is 13.7. The van der Waals surface area contributed by atoms with Crippen molar-refractivity contribution in [3.8, 4) is 11.8 Å². The summed E-state index contributed by atoms with van der Waals surface area (Å²) in [5.41, 5.74) is 1.31. The summed E-state index contributed by atoms with van der Waals surface area (Å²) >= 11 is 5.96. The fourth-order valence-corrected chi connectivity index (χ4v) is 2.29. The lowest BCUT2D eigenvalue weighted by Gasteiger charge is -2.19. The molecule has 1 amide bonds. The Morgan fingerprint density at radius 2 is 1.96 bits per heavy atom. The van der Waals surface area contributed by atoms with Gasteiger partial charge in [0, 0.05) is 5.02 Å². The molecule has 0 aromatic heterocycles. The van der Waals surface area contributed by atoms with Gasteiger partial charge < -0.3 is 10.1 Å². The molecule has 2 rings (SSSR count). The van der Waals surface area contributed by atoms with Crippen molar-refractivity contribution < 1.29 is 9.53 Å². The molecule has 4 nitrogen and oxygen atoms in total. The Labute approximate surface area is 140 Å². The Morgan fingerprint density at radius 3 is 2.65 bits per heavy atom. The average molecular weight is 329 g/mol. The Hall–Kier alpha value is -2.51. The van der Waals surface area contributed by atoms with Crippen LogP contribution in [0.4, 0.5) is 0 Å². The largest absolute Gasteiger partial charge is 0.480 e. The molecule has 5 heteroatoms. The molecule has 0 fully saturated rings. The Kier molecular flexibility index (Phi) is 5.61. The third kappa shape index (κ3) is 4.48. The van der Waals surface area contributed by atoms with Crippen LogP contribution in [0.25, 0.3) is 0 Å². The monoisotopic (exact) mass is 328 g/mol.